The standard InChI is InChI=1S/C22H24Cl2N4O2/c23-16-3-6-22(19(24)12-16)28-17(11-15-1-4-18(29)5-2-15)13-21(26-28)20(25)14-27-7-9-30-10-8-27/h1-6,12-13,20,29H,7-11,14,25H2. The zero-order valence-electron chi connectivity index (χ0n) is 16.5. The lowest BCUT2D eigenvalue weighted by atomic mass is 10.1. The van der Waals surface area contributed by atoms with Crippen LogP contribution in [0.15, 0.2) is 48.5 Å². The summed E-state index contributed by atoms with van der Waals surface area (Å²) in [4.78, 5) is 2.29. The van der Waals surface area contributed by atoms with Crippen LogP contribution < -0.4 is 5.73 Å². The molecule has 1 atom stereocenters. The van der Waals surface area contributed by atoms with Crippen LogP contribution in [0.2, 0.25) is 10.0 Å². The van der Waals surface area contributed by atoms with Crippen molar-refractivity contribution in [2.24, 2.45) is 5.73 Å². The average molecular weight is 447 g/mol. The summed E-state index contributed by atoms with van der Waals surface area (Å²) in [6, 6.07) is 14.3. The Morgan fingerprint density at radius 1 is 1.07 bits per heavy atom. The number of nitrogens with two attached hydrogens (primary N) is 1. The summed E-state index contributed by atoms with van der Waals surface area (Å²) in [6.07, 6.45) is 0.622. The van der Waals surface area contributed by atoms with Crippen molar-refractivity contribution in [2.45, 2.75) is 12.5 Å². The van der Waals surface area contributed by atoms with Crippen molar-refractivity contribution < 1.29 is 9.84 Å². The van der Waals surface area contributed by atoms with Gasteiger partial charge >= 0.3 is 0 Å². The zero-order chi connectivity index (χ0) is 21.1. The highest BCUT2D eigenvalue weighted by atomic mass is 35.5. The van der Waals surface area contributed by atoms with Gasteiger partial charge in [-0.2, -0.15) is 5.10 Å². The number of aromatic nitrogens is 2. The van der Waals surface area contributed by atoms with Gasteiger partial charge in [0.25, 0.3) is 0 Å². The Balaban J connectivity index is 1.66. The Kier molecular flexibility index (Phi) is 6.61. The highest BCUT2D eigenvalue weighted by Crippen LogP contribution is 2.27. The minimum atomic E-state index is -0.228. The molecule has 1 fully saturated rings. The third kappa shape index (κ3) is 4.96. The van der Waals surface area contributed by atoms with Gasteiger partial charge in [-0.1, -0.05) is 35.3 Å². The van der Waals surface area contributed by atoms with Crippen LogP contribution in [0.25, 0.3) is 5.69 Å². The first-order valence-corrected chi connectivity index (χ1v) is 10.6. The molecule has 1 aliphatic heterocycles. The number of rotatable bonds is 6. The average Bonchev–Trinajstić information content (AvgIpc) is 3.14. The van der Waals surface area contributed by atoms with Crippen molar-refractivity contribution >= 4 is 23.2 Å². The maximum absolute atomic E-state index is 9.57. The van der Waals surface area contributed by atoms with Crippen LogP contribution in [0.5, 0.6) is 5.75 Å². The Bertz CT molecular complexity index is 1000. The first-order chi connectivity index (χ1) is 14.5. The fraction of sp³-hybridized carbons (Fsp3) is 0.318. The Labute approximate surface area is 185 Å². The first kappa shape index (κ1) is 21.2. The zero-order valence-corrected chi connectivity index (χ0v) is 18.0. The number of nitrogens with zero attached hydrogens (tertiary/aromatic N) is 3. The Morgan fingerprint density at radius 2 is 1.80 bits per heavy atom. The van der Waals surface area contributed by atoms with Gasteiger partial charge < -0.3 is 15.6 Å². The smallest absolute Gasteiger partial charge is 0.115 e. The molecule has 2 heterocycles. The minimum Gasteiger partial charge on any atom is -0.508 e. The number of halogens is 2. The Morgan fingerprint density at radius 3 is 2.50 bits per heavy atom. The second-order valence-electron chi connectivity index (χ2n) is 7.43. The van der Waals surface area contributed by atoms with Crippen molar-refractivity contribution in [2.75, 3.05) is 32.8 Å². The lowest BCUT2D eigenvalue weighted by Crippen LogP contribution is -2.40. The fourth-order valence-electron chi connectivity index (χ4n) is 3.59. The van der Waals surface area contributed by atoms with Crippen LogP contribution in [0, 0.1) is 0 Å². The van der Waals surface area contributed by atoms with Gasteiger partial charge in [-0.15, -0.1) is 0 Å². The van der Waals surface area contributed by atoms with Crippen LogP contribution in [0.4, 0.5) is 0 Å². The van der Waals surface area contributed by atoms with E-state index in [0.29, 0.717) is 23.0 Å². The monoisotopic (exact) mass is 446 g/mol. The van der Waals surface area contributed by atoms with E-state index >= 15 is 0 Å². The second-order valence-corrected chi connectivity index (χ2v) is 8.27. The van der Waals surface area contributed by atoms with Crippen LogP contribution in [0.3, 0.4) is 0 Å². The van der Waals surface area contributed by atoms with E-state index in [9.17, 15) is 5.11 Å². The van der Waals surface area contributed by atoms with Gasteiger partial charge in [-0.25, -0.2) is 4.68 Å². The topological polar surface area (TPSA) is 76.5 Å². The number of aromatic hydroxyl groups is 1. The lowest BCUT2D eigenvalue weighted by Gasteiger charge is -2.28. The largest absolute Gasteiger partial charge is 0.508 e. The van der Waals surface area contributed by atoms with Gasteiger partial charge in [0, 0.05) is 36.8 Å². The summed E-state index contributed by atoms with van der Waals surface area (Å²) >= 11 is 12.6. The summed E-state index contributed by atoms with van der Waals surface area (Å²) in [6.45, 7) is 3.92. The predicted molar refractivity (Wildman–Crippen MR) is 119 cm³/mol. The van der Waals surface area contributed by atoms with Gasteiger partial charge in [0.2, 0.25) is 0 Å². The minimum absolute atomic E-state index is 0.228. The predicted octanol–water partition coefficient (Wildman–Crippen LogP) is 3.81. The van der Waals surface area contributed by atoms with Crippen LogP contribution in [-0.2, 0) is 11.2 Å². The van der Waals surface area contributed by atoms with E-state index < -0.39 is 0 Å². The molecule has 1 unspecified atom stereocenters. The van der Waals surface area contributed by atoms with Crippen molar-refractivity contribution in [3.8, 4) is 11.4 Å². The molecule has 1 aliphatic rings. The van der Waals surface area contributed by atoms with Crippen LogP contribution in [0.1, 0.15) is 23.0 Å². The summed E-state index contributed by atoms with van der Waals surface area (Å²) in [5, 5.41) is 15.5. The number of morpholine rings is 1. The van der Waals surface area contributed by atoms with Gasteiger partial charge in [-0.05, 0) is 42.0 Å². The maximum atomic E-state index is 9.57. The van der Waals surface area contributed by atoms with Crippen molar-refractivity contribution in [3.63, 3.8) is 0 Å². The fourth-order valence-corrected chi connectivity index (χ4v) is 4.08. The van der Waals surface area contributed by atoms with E-state index in [2.05, 4.69) is 4.90 Å². The SMILES string of the molecule is NC(CN1CCOCC1)c1cc(Cc2ccc(O)cc2)n(-c2ccc(Cl)cc2Cl)n1. The molecule has 3 aromatic rings. The molecule has 4 rings (SSSR count). The molecule has 3 N–H and O–H groups in total. The van der Waals surface area contributed by atoms with Gasteiger partial charge in [0.15, 0.2) is 0 Å². The number of phenols is 1. The number of hydrogen-bond acceptors (Lipinski definition) is 5. The van der Waals surface area contributed by atoms with Gasteiger partial charge in [-0.3, -0.25) is 4.90 Å². The summed E-state index contributed by atoms with van der Waals surface area (Å²) in [5.74, 6) is 0.237. The third-order valence-electron chi connectivity index (χ3n) is 5.20. The van der Waals surface area contributed by atoms with Gasteiger partial charge in [0.1, 0.15) is 5.75 Å². The number of ether oxygens (including phenoxy) is 1. The Hall–Kier alpha value is -2.09. The molecule has 30 heavy (non-hydrogen) atoms. The maximum Gasteiger partial charge on any atom is 0.115 e. The third-order valence-corrected chi connectivity index (χ3v) is 5.74. The molecular formula is C22H24Cl2N4O2. The molecule has 0 spiro atoms. The molecule has 0 bridgehead atoms. The van der Waals surface area contributed by atoms with Crippen LogP contribution >= 0.6 is 23.2 Å². The number of benzene rings is 2. The van der Waals surface area contributed by atoms with E-state index in [0.717, 1.165) is 48.9 Å². The lowest BCUT2D eigenvalue weighted by molar-refractivity contribution is 0.0351. The van der Waals surface area contributed by atoms with E-state index in [4.69, 9.17) is 38.8 Å². The van der Waals surface area contributed by atoms with E-state index in [1.165, 1.54) is 0 Å². The quantitative estimate of drug-likeness (QED) is 0.601. The molecule has 1 aromatic heterocycles. The van der Waals surface area contributed by atoms with E-state index in [-0.39, 0.29) is 11.8 Å². The van der Waals surface area contributed by atoms with Crippen molar-refractivity contribution in [3.05, 3.63) is 75.5 Å². The summed E-state index contributed by atoms with van der Waals surface area (Å²) in [5.41, 5.74) is 10.1. The van der Waals surface area contributed by atoms with Crippen molar-refractivity contribution in [1.29, 1.82) is 0 Å². The normalized spacial score (nSPS) is 16.0. The second kappa shape index (κ2) is 9.37. The molecule has 0 aliphatic carbocycles. The van der Waals surface area contributed by atoms with Gasteiger partial charge in [0.05, 0.1) is 35.7 Å². The molecule has 1 saturated heterocycles. The molecule has 8 heteroatoms. The molecule has 6 nitrogen and oxygen atoms in total. The molecule has 0 saturated carbocycles. The van der Waals surface area contributed by atoms with E-state index in [1.807, 2.05) is 28.9 Å². The van der Waals surface area contributed by atoms with Crippen molar-refractivity contribution in [1.82, 2.24) is 14.7 Å². The number of hydrogen-bond donors (Lipinski definition) is 2. The first-order valence-electron chi connectivity index (χ1n) is 9.87. The molecule has 2 aromatic carbocycles. The van der Waals surface area contributed by atoms with E-state index in [1.54, 1.807) is 24.3 Å². The summed E-state index contributed by atoms with van der Waals surface area (Å²) in [7, 11) is 0. The number of phenolic OH excluding ortho intramolecular Hbond substituents is 1. The highest BCUT2D eigenvalue weighted by molar-refractivity contribution is 6.35. The molecule has 158 valence electrons. The molecule has 0 amide bonds. The molecular weight excluding hydrogens is 423 g/mol. The molecule has 0 radical (unpaired) electrons. The summed E-state index contributed by atoms with van der Waals surface area (Å²) < 4.78 is 7.25. The highest BCUT2D eigenvalue weighted by Gasteiger charge is 2.20. The van der Waals surface area contributed by atoms with Crippen LogP contribution in [-0.4, -0.2) is 52.6 Å².